The Hall–Kier alpha value is -3.06. The van der Waals surface area contributed by atoms with E-state index in [1.54, 1.807) is 6.20 Å². The maximum absolute atomic E-state index is 12.6. The Balaban J connectivity index is 1.35. The molecule has 1 fully saturated rings. The molecule has 28 heavy (non-hydrogen) atoms. The Morgan fingerprint density at radius 2 is 1.89 bits per heavy atom. The van der Waals surface area contributed by atoms with Gasteiger partial charge in [0.15, 0.2) is 0 Å². The molecule has 0 saturated carbocycles. The molecule has 7 heteroatoms. The summed E-state index contributed by atoms with van der Waals surface area (Å²) in [4.78, 5) is 25.2. The molecule has 4 rings (SSSR count). The molecule has 0 atom stereocenters. The Kier molecular flexibility index (Phi) is 5.16. The van der Waals surface area contributed by atoms with Crippen molar-refractivity contribution in [2.45, 2.75) is 26.9 Å². The number of amides is 1. The number of aromatic nitrogens is 3. The number of pyridine rings is 1. The van der Waals surface area contributed by atoms with Crippen LogP contribution in [0, 0.1) is 13.8 Å². The molecular weight excluding hydrogens is 354 g/mol. The third-order valence-electron chi connectivity index (χ3n) is 4.77. The molecule has 2 aromatic heterocycles. The van der Waals surface area contributed by atoms with Crippen LogP contribution < -0.4 is 0 Å². The van der Waals surface area contributed by atoms with Crippen LogP contribution in [0.5, 0.6) is 0 Å². The predicted molar refractivity (Wildman–Crippen MR) is 104 cm³/mol. The highest BCUT2D eigenvalue weighted by Crippen LogP contribution is 2.16. The molecule has 0 radical (unpaired) electrons. The van der Waals surface area contributed by atoms with Crippen LogP contribution in [0.3, 0.4) is 0 Å². The molecule has 1 amide bonds. The van der Waals surface area contributed by atoms with Gasteiger partial charge in [0.25, 0.3) is 0 Å². The third-order valence-corrected chi connectivity index (χ3v) is 4.77. The van der Waals surface area contributed by atoms with Gasteiger partial charge in [-0.3, -0.25) is 14.7 Å². The Morgan fingerprint density at radius 3 is 2.61 bits per heavy atom. The SMILES string of the molecule is Cc1cc(C)cc(CN2CCN(Cc3nc(-c4ccccn4)no3)CC2=O)c1. The van der Waals surface area contributed by atoms with Crippen molar-refractivity contribution >= 4 is 5.91 Å². The monoisotopic (exact) mass is 377 g/mol. The van der Waals surface area contributed by atoms with Gasteiger partial charge in [0.1, 0.15) is 5.69 Å². The van der Waals surface area contributed by atoms with E-state index in [1.165, 1.54) is 16.7 Å². The van der Waals surface area contributed by atoms with E-state index in [1.807, 2.05) is 28.0 Å². The number of nitrogens with zero attached hydrogens (tertiary/aromatic N) is 5. The van der Waals surface area contributed by atoms with Crippen molar-refractivity contribution in [3.8, 4) is 11.5 Å². The number of rotatable bonds is 5. The summed E-state index contributed by atoms with van der Waals surface area (Å²) in [5.74, 6) is 1.08. The van der Waals surface area contributed by atoms with Gasteiger partial charge in [0.05, 0.1) is 13.1 Å². The van der Waals surface area contributed by atoms with E-state index < -0.39 is 0 Å². The van der Waals surface area contributed by atoms with Crippen molar-refractivity contribution < 1.29 is 9.32 Å². The maximum atomic E-state index is 12.6. The first-order valence-corrected chi connectivity index (χ1v) is 9.38. The zero-order chi connectivity index (χ0) is 19.5. The van der Waals surface area contributed by atoms with Gasteiger partial charge >= 0.3 is 0 Å². The summed E-state index contributed by atoms with van der Waals surface area (Å²) in [7, 11) is 0. The third kappa shape index (κ3) is 4.26. The number of carbonyl (C=O) groups is 1. The fourth-order valence-electron chi connectivity index (χ4n) is 3.55. The highest BCUT2D eigenvalue weighted by molar-refractivity contribution is 5.79. The lowest BCUT2D eigenvalue weighted by atomic mass is 10.1. The minimum Gasteiger partial charge on any atom is -0.337 e. The van der Waals surface area contributed by atoms with Crippen LogP contribution in [0.1, 0.15) is 22.6 Å². The molecule has 0 spiro atoms. The van der Waals surface area contributed by atoms with E-state index in [4.69, 9.17) is 4.52 Å². The lowest BCUT2D eigenvalue weighted by molar-refractivity contribution is -0.137. The molecule has 1 aliphatic heterocycles. The quantitative estimate of drug-likeness (QED) is 0.680. The molecule has 0 bridgehead atoms. The summed E-state index contributed by atoms with van der Waals surface area (Å²) < 4.78 is 5.34. The van der Waals surface area contributed by atoms with Gasteiger partial charge in [0.2, 0.25) is 17.6 Å². The summed E-state index contributed by atoms with van der Waals surface area (Å²) in [5.41, 5.74) is 4.30. The van der Waals surface area contributed by atoms with Crippen LogP contribution >= 0.6 is 0 Å². The maximum Gasteiger partial charge on any atom is 0.241 e. The minimum absolute atomic E-state index is 0.120. The minimum atomic E-state index is 0.120. The number of carbonyl (C=O) groups excluding carboxylic acids is 1. The fraction of sp³-hybridized carbons (Fsp3) is 0.333. The van der Waals surface area contributed by atoms with E-state index in [9.17, 15) is 4.79 Å². The van der Waals surface area contributed by atoms with E-state index in [0.29, 0.717) is 43.6 Å². The van der Waals surface area contributed by atoms with Crippen molar-refractivity contribution in [2.75, 3.05) is 19.6 Å². The second kappa shape index (κ2) is 7.90. The van der Waals surface area contributed by atoms with Gasteiger partial charge in [-0.2, -0.15) is 4.98 Å². The van der Waals surface area contributed by atoms with Crippen LogP contribution in [0.15, 0.2) is 47.1 Å². The highest BCUT2D eigenvalue weighted by atomic mass is 16.5. The van der Waals surface area contributed by atoms with E-state index in [2.05, 4.69) is 47.2 Å². The lowest BCUT2D eigenvalue weighted by Gasteiger charge is -2.33. The number of piperazine rings is 1. The smallest absolute Gasteiger partial charge is 0.241 e. The average molecular weight is 377 g/mol. The van der Waals surface area contributed by atoms with Crippen LogP contribution in [0.4, 0.5) is 0 Å². The van der Waals surface area contributed by atoms with Crippen molar-refractivity contribution in [3.63, 3.8) is 0 Å². The van der Waals surface area contributed by atoms with Crippen molar-refractivity contribution in [3.05, 3.63) is 65.2 Å². The predicted octanol–water partition coefficient (Wildman–Crippen LogP) is 2.59. The van der Waals surface area contributed by atoms with Crippen molar-refractivity contribution in [1.29, 1.82) is 0 Å². The number of hydrogen-bond donors (Lipinski definition) is 0. The van der Waals surface area contributed by atoms with Crippen LogP contribution in [-0.4, -0.2) is 50.5 Å². The van der Waals surface area contributed by atoms with Gasteiger partial charge < -0.3 is 9.42 Å². The molecule has 1 aliphatic rings. The summed E-state index contributed by atoms with van der Waals surface area (Å²) in [6, 6.07) is 12.0. The molecule has 0 N–H and O–H groups in total. The number of hydrogen-bond acceptors (Lipinski definition) is 6. The molecule has 0 unspecified atom stereocenters. The summed E-state index contributed by atoms with van der Waals surface area (Å²) in [6.45, 7) is 7.10. The molecule has 1 aromatic carbocycles. The Bertz CT molecular complexity index is 950. The van der Waals surface area contributed by atoms with Gasteiger partial charge in [-0.05, 0) is 31.5 Å². The van der Waals surface area contributed by atoms with Gasteiger partial charge in [-0.25, -0.2) is 0 Å². The van der Waals surface area contributed by atoms with Gasteiger partial charge in [-0.1, -0.05) is 40.5 Å². The van der Waals surface area contributed by atoms with E-state index >= 15 is 0 Å². The molecule has 3 heterocycles. The second-order valence-electron chi connectivity index (χ2n) is 7.25. The first-order valence-electron chi connectivity index (χ1n) is 9.38. The average Bonchev–Trinajstić information content (AvgIpc) is 3.12. The summed E-state index contributed by atoms with van der Waals surface area (Å²) in [6.07, 6.45) is 1.69. The summed E-state index contributed by atoms with van der Waals surface area (Å²) in [5, 5.41) is 3.99. The lowest BCUT2D eigenvalue weighted by Crippen LogP contribution is -2.49. The van der Waals surface area contributed by atoms with Crippen molar-refractivity contribution in [1.82, 2.24) is 24.9 Å². The fourth-order valence-corrected chi connectivity index (χ4v) is 3.55. The zero-order valence-corrected chi connectivity index (χ0v) is 16.1. The number of aryl methyl sites for hydroxylation is 2. The first kappa shape index (κ1) is 18.3. The number of benzene rings is 1. The molecule has 0 aliphatic carbocycles. The Labute approximate surface area is 164 Å². The topological polar surface area (TPSA) is 75.4 Å². The van der Waals surface area contributed by atoms with E-state index in [0.717, 1.165) is 6.54 Å². The standard InChI is InChI=1S/C21H23N5O2/c1-15-9-16(2)11-17(10-15)12-26-8-7-25(14-20(26)27)13-19-23-21(24-28-19)18-5-3-4-6-22-18/h3-6,9-11H,7-8,12-14H2,1-2H3. The van der Waals surface area contributed by atoms with Gasteiger partial charge in [-0.15, -0.1) is 0 Å². The van der Waals surface area contributed by atoms with Crippen LogP contribution in [0.2, 0.25) is 0 Å². The zero-order valence-electron chi connectivity index (χ0n) is 16.1. The summed E-state index contributed by atoms with van der Waals surface area (Å²) >= 11 is 0. The van der Waals surface area contributed by atoms with Gasteiger partial charge in [0, 0.05) is 25.8 Å². The molecule has 3 aromatic rings. The molecule has 7 nitrogen and oxygen atoms in total. The molecule has 144 valence electrons. The molecular formula is C21H23N5O2. The van der Waals surface area contributed by atoms with E-state index in [-0.39, 0.29) is 5.91 Å². The van der Waals surface area contributed by atoms with Crippen LogP contribution in [0.25, 0.3) is 11.5 Å². The first-order chi connectivity index (χ1) is 13.6. The van der Waals surface area contributed by atoms with Crippen LogP contribution in [-0.2, 0) is 17.9 Å². The second-order valence-corrected chi connectivity index (χ2v) is 7.25. The Morgan fingerprint density at radius 1 is 1.07 bits per heavy atom. The normalized spacial score (nSPS) is 15.2. The highest BCUT2D eigenvalue weighted by Gasteiger charge is 2.25. The molecule has 1 saturated heterocycles. The largest absolute Gasteiger partial charge is 0.337 e. The van der Waals surface area contributed by atoms with Crippen molar-refractivity contribution in [2.24, 2.45) is 0 Å².